The average Bonchev–Trinajstić information content (AvgIpc) is 3.03. The van der Waals surface area contributed by atoms with E-state index in [0.29, 0.717) is 9.13 Å². The van der Waals surface area contributed by atoms with Crippen molar-refractivity contribution in [2.24, 2.45) is 54.3 Å². The highest BCUT2D eigenvalue weighted by atomic mass is 16.5. The topological polar surface area (TPSA) is 254 Å². The molecule has 0 N–H and O–H groups in total. The molecule has 0 bridgehead atoms. The van der Waals surface area contributed by atoms with Crippen LogP contribution in [0.3, 0.4) is 0 Å². The zero-order chi connectivity index (χ0) is 37.2. The molecule has 0 aliphatic carbocycles. The lowest BCUT2D eigenvalue weighted by Crippen LogP contribution is -2.51. The molecule has 3 rings (SSSR count). The van der Waals surface area contributed by atoms with Crippen molar-refractivity contribution in [3.05, 3.63) is 89.8 Å². The van der Waals surface area contributed by atoms with Gasteiger partial charge in [0.05, 0.1) is 0 Å². The van der Waals surface area contributed by atoms with Gasteiger partial charge in [-0.05, 0) is 14.1 Å². The smallest absolute Gasteiger partial charge is 0.381 e. The van der Waals surface area contributed by atoms with Gasteiger partial charge in [0.1, 0.15) is 0 Å². The summed E-state index contributed by atoms with van der Waals surface area (Å²) < 4.78 is 14.9. The molecule has 254 valence electrons. The molecule has 0 saturated heterocycles. The number of aromatic nitrogens is 7. The first-order chi connectivity index (χ1) is 21.5. The molecular weight excluding hydrogens is 632 g/mol. The molecule has 0 unspecified atom stereocenters. The standard InChI is InChI=1S/2C6H9N3O3.C5H9B2N3O2.C5H6N2O4/c1-7-4-8(2)5(10)9(3)6(11)12-4;1-7-4(10)8(2)6(12)9(3)5(7)11;1-8(4(11)9(2)6)5(12)10(3)7;1-6-3(8)7(2)5(10)11-4(6)9/h3*1-3H3;1-2H3. The van der Waals surface area contributed by atoms with E-state index in [4.69, 9.17) is 16.0 Å². The van der Waals surface area contributed by atoms with Gasteiger partial charge in [-0.25, -0.2) is 80.3 Å². The molecule has 0 saturated carbocycles. The molecule has 0 spiro atoms. The lowest BCUT2D eigenvalue weighted by Gasteiger charge is -2.23. The van der Waals surface area contributed by atoms with Gasteiger partial charge >= 0.3 is 63.5 Å². The Hall–Kier alpha value is -5.90. The van der Waals surface area contributed by atoms with Crippen molar-refractivity contribution in [3.8, 4) is 0 Å². The fourth-order valence-electron chi connectivity index (χ4n) is 2.86. The molecule has 4 amide bonds. The largest absolute Gasteiger partial charge is 0.426 e. The highest BCUT2D eigenvalue weighted by Crippen LogP contribution is 1.94. The summed E-state index contributed by atoms with van der Waals surface area (Å²) in [5, 5.41) is 0. The van der Waals surface area contributed by atoms with Crippen molar-refractivity contribution >= 4 is 28.0 Å². The Kier molecular flexibility index (Phi) is 14.8. The van der Waals surface area contributed by atoms with Crippen LogP contribution < -0.4 is 51.4 Å². The Bertz CT molecular complexity index is 2010. The molecule has 0 fully saturated rings. The van der Waals surface area contributed by atoms with Crippen LogP contribution >= 0.6 is 0 Å². The quantitative estimate of drug-likeness (QED) is 0.203. The second-order valence-corrected chi connectivity index (χ2v) is 9.18. The van der Waals surface area contributed by atoms with Gasteiger partial charge in [0.2, 0.25) is 16.0 Å². The Balaban J connectivity index is 0.000000601. The molecule has 4 radical (unpaired) electrons. The highest BCUT2D eigenvalue weighted by molar-refractivity contribution is 6.18. The number of urea groups is 2. The third kappa shape index (κ3) is 10.1. The number of carbonyl (C=O) groups is 2. The summed E-state index contributed by atoms with van der Waals surface area (Å²) in [4.78, 5) is 115. The van der Waals surface area contributed by atoms with Gasteiger partial charge in [0.25, 0.3) is 0 Å². The number of imide groups is 1. The van der Waals surface area contributed by atoms with Crippen LogP contribution in [0, 0.1) is 0 Å². The second-order valence-electron chi connectivity index (χ2n) is 9.18. The SMILES string of the molecule is CN=c1oc(=O)n(C)c(=O)n1C.Cn1c(=O)n(C)c(=O)n(C)c1=O.Cn1c(=O)oc(=O)n(C)c1=O.[B]N(C)C(=O)N(C)C(=O)N([B])C. The summed E-state index contributed by atoms with van der Waals surface area (Å²) in [6.07, 6.45) is 0. The van der Waals surface area contributed by atoms with Crippen LogP contribution in [0.25, 0.3) is 0 Å². The lowest BCUT2D eigenvalue weighted by atomic mass is 10.3. The molecule has 0 aromatic carbocycles. The molecule has 47 heavy (non-hydrogen) atoms. The minimum absolute atomic E-state index is 0.0168. The van der Waals surface area contributed by atoms with E-state index in [-0.39, 0.29) is 5.68 Å². The van der Waals surface area contributed by atoms with Crippen molar-refractivity contribution in [2.75, 3.05) is 28.2 Å². The third-order valence-electron chi connectivity index (χ3n) is 5.70. The molecule has 3 heterocycles. The maximum Gasteiger partial charge on any atom is 0.426 e. The van der Waals surface area contributed by atoms with E-state index in [1.807, 2.05) is 0 Å². The van der Waals surface area contributed by atoms with Crippen molar-refractivity contribution in [3.63, 3.8) is 0 Å². The van der Waals surface area contributed by atoms with Gasteiger partial charge in [-0.3, -0.25) is 9.47 Å². The van der Waals surface area contributed by atoms with Crippen molar-refractivity contribution in [2.45, 2.75) is 0 Å². The van der Waals surface area contributed by atoms with E-state index in [9.17, 15) is 47.9 Å². The average molecular weight is 665 g/mol. The number of nitrogens with zero attached hydrogens (tertiary/aromatic N) is 11. The monoisotopic (exact) mass is 665 g/mol. The molecule has 0 atom stereocenters. The minimum atomic E-state index is -0.946. The van der Waals surface area contributed by atoms with Gasteiger partial charge in [0, 0.05) is 63.4 Å². The maximum absolute atomic E-state index is 11.2. The Morgan fingerprint density at radius 2 is 0.766 bits per heavy atom. The normalized spacial score (nSPS) is 10.3. The molecule has 3 aromatic rings. The van der Waals surface area contributed by atoms with Gasteiger partial charge in [0.15, 0.2) is 0 Å². The van der Waals surface area contributed by atoms with Gasteiger partial charge in [-0.2, -0.15) is 0 Å². The molecule has 23 nitrogen and oxygen atoms in total. The van der Waals surface area contributed by atoms with Crippen LogP contribution in [0.5, 0.6) is 0 Å². The zero-order valence-corrected chi connectivity index (χ0v) is 27.5. The summed E-state index contributed by atoms with van der Waals surface area (Å²) in [7, 11) is 24.9. The minimum Gasteiger partial charge on any atom is -0.381 e. The summed E-state index contributed by atoms with van der Waals surface area (Å²) in [6.45, 7) is 0. The zero-order valence-electron chi connectivity index (χ0n) is 27.5. The maximum atomic E-state index is 11.2. The van der Waals surface area contributed by atoms with Crippen molar-refractivity contribution in [1.29, 1.82) is 0 Å². The predicted octanol–water partition coefficient (Wildman–Crippen LogP) is -6.78. The number of hydrogen-bond donors (Lipinski definition) is 0. The van der Waals surface area contributed by atoms with E-state index < -0.39 is 57.8 Å². The van der Waals surface area contributed by atoms with E-state index in [1.165, 1.54) is 77.5 Å². The fourth-order valence-corrected chi connectivity index (χ4v) is 2.86. The van der Waals surface area contributed by atoms with E-state index >= 15 is 0 Å². The van der Waals surface area contributed by atoms with Gasteiger partial charge in [-0.1, -0.05) is 0 Å². The van der Waals surface area contributed by atoms with Crippen molar-refractivity contribution < 1.29 is 18.4 Å². The van der Waals surface area contributed by atoms with Crippen LogP contribution in [0.1, 0.15) is 0 Å². The molecule has 0 aliphatic rings. The predicted molar refractivity (Wildman–Crippen MR) is 164 cm³/mol. The number of carbonyl (C=O) groups excluding carboxylic acids is 2. The lowest BCUT2D eigenvalue weighted by molar-refractivity contribution is 0.177. The van der Waals surface area contributed by atoms with E-state index in [1.54, 1.807) is 0 Å². The first-order valence-electron chi connectivity index (χ1n) is 12.5. The first kappa shape index (κ1) is 41.1. The van der Waals surface area contributed by atoms with Crippen LogP contribution in [0.15, 0.2) is 52.2 Å². The van der Waals surface area contributed by atoms with Gasteiger partial charge < -0.3 is 18.5 Å². The Morgan fingerprint density at radius 1 is 0.511 bits per heavy atom. The fraction of sp³-hybridized carbons (Fsp3) is 0.500. The molecule has 25 heteroatoms. The van der Waals surface area contributed by atoms with Crippen LogP contribution in [-0.2, 0) is 49.3 Å². The molecule has 0 aliphatic heterocycles. The number of hydrogen-bond acceptors (Lipinski definition) is 13. The third-order valence-corrected chi connectivity index (χ3v) is 5.70. The van der Waals surface area contributed by atoms with Gasteiger partial charge in [-0.15, -0.1) is 0 Å². The first-order valence-corrected chi connectivity index (χ1v) is 12.5. The highest BCUT2D eigenvalue weighted by Gasteiger charge is 2.18. The number of rotatable bonds is 0. The van der Waals surface area contributed by atoms with E-state index in [0.717, 1.165) is 37.4 Å². The second kappa shape index (κ2) is 17.0. The van der Waals surface area contributed by atoms with Crippen LogP contribution in [0.2, 0.25) is 0 Å². The Labute approximate surface area is 265 Å². The number of amides is 4. The summed E-state index contributed by atoms with van der Waals surface area (Å²) in [6, 6.07) is -1.25. The summed E-state index contributed by atoms with van der Waals surface area (Å²) in [5.74, 6) is -2.60. The Morgan fingerprint density at radius 3 is 1.04 bits per heavy atom. The van der Waals surface area contributed by atoms with Crippen molar-refractivity contribution in [1.82, 2.24) is 46.5 Å². The van der Waals surface area contributed by atoms with Crippen LogP contribution in [-0.4, -0.2) is 103 Å². The van der Waals surface area contributed by atoms with Crippen LogP contribution in [0.4, 0.5) is 9.59 Å². The summed E-state index contributed by atoms with van der Waals surface area (Å²) >= 11 is 0. The van der Waals surface area contributed by atoms with E-state index in [2.05, 4.69) is 13.8 Å². The summed E-state index contributed by atoms with van der Waals surface area (Å²) in [5.41, 5.74) is -2.95. The molecular formula is C22H33B2N11O12. The molecule has 3 aromatic heterocycles.